The van der Waals surface area contributed by atoms with E-state index in [0.717, 1.165) is 28.3 Å². The quantitative estimate of drug-likeness (QED) is 0.465. The van der Waals surface area contributed by atoms with Crippen LogP contribution in [0.15, 0.2) is 53.4 Å². The van der Waals surface area contributed by atoms with Gasteiger partial charge in [0.05, 0.1) is 35.6 Å². The first kappa shape index (κ1) is 20.0. The highest BCUT2D eigenvalue weighted by Gasteiger charge is 2.61. The van der Waals surface area contributed by atoms with Crippen molar-refractivity contribution in [1.82, 2.24) is 15.0 Å². The number of nitrogens with one attached hydrogen (secondary N) is 2. The molecule has 6 nitrogen and oxygen atoms in total. The Hall–Kier alpha value is -1.97. The zero-order valence-corrected chi connectivity index (χ0v) is 18.0. The van der Waals surface area contributed by atoms with Gasteiger partial charge in [0, 0.05) is 22.4 Å². The molecule has 2 bridgehead atoms. The summed E-state index contributed by atoms with van der Waals surface area (Å²) in [7, 11) is 0. The van der Waals surface area contributed by atoms with E-state index in [4.69, 9.17) is 4.74 Å². The van der Waals surface area contributed by atoms with E-state index < -0.39 is 0 Å². The van der Waals surface area contributed by atoms with Crippen LogP contribution < -0.4 is 10.0 Å². The molecular weight excluding hydrogens is 418 g/mol. The lowest BCUT2D eigenvalue weighted by atomic mass is 9.63. The van der Waals surface area contributed by atoms with Crippen LogP contribution in [-0.2, 0) is 11.3 Å². The molecule has 3 aromatic rings. The molecule has 1 aliphatic carbocycles. The van der Waals surface area contributed by atoms with Crippen LogP contribution in [0.25, 0.3) is 10.2 Å². The van der Waals surface area contributed by atoms with E-state index in [0.29, 0.717) is 25.3 Å². The molecule has 0 spiro atoms. The summed E-state index contributed by atoms with van der Waals surface area (Å²) >= 11 is 3.18. The van der Waals surface area contributed by atoms with Crippen LogP contribution in [0.2, 0.25) is 0 Å². The highest BCUT2D eigenvalue weighted by Crippen LogP contribution is 2.57. The van der Waals surface area contributed by atoms with Crippen LogP contribution in [0.3, 0.4) is 0 Å². The van der Waals surface area contributed by atoms with Gasteiger partial charge in [0.1, 0.15) is 5.01 Å². The monoisotopic (exact) mass is 441 g/mol. The Bertz CT molecular complexity index is 1050. The second-order valence-corrected chi connectivity index (χ2v) is 10.3. The van der Waals surface area contributed by atoms with Gasteiger partial charge in [0.2, 0.25) is 0 Å². The van der Waals surface area contributed by atoms with Gasteiger partial charge in [-0.15, -0.1) is 11.3 Å². The highest BCUT2D eigenvalue weighted by atomic mass is 32.2. The number of carbonyl (C=O) groups is 1. The van der Waals surface area contributed by atoms with Crippen molar-refractivity contribution in [3.63, 3.8) is 0 Å². The minimum Gasteiger partial charge on any atom is -0.396 e. The van der Waals surface area contributed by atoms with Crippen LogP contribution in [0.4, 0.5) is 0 Å². The van der Waals surface area contributed by atoms with Gasteiger partial charge in [0.15, 0.2) is 0 Å². The molecule has 2 aliphatic heterocycles. The molecule has 156 valence electrons. The van der Waals surface area contributed by atoms with Gasteiger partial charge in [-0.1, -0.05) is 18.2 Å². The highest BCUT2D eigenvalue weighted by molar-refractivity contribution is 7.97. The standard InChI is InChI=1S/C22H23N3O3S2/c26-13-21-10-22(11-21,28-14-21)12-23-20(27)15-4-3-5-16(8-15)30-24-9-19-25-17-6-1-2-7-18(17)29-19/h1-8,24,26H,9-14H2,(H,23,27). The molecule has 2 aromatic carbocycles. The van der Waals surface area contributed by atoms with E-state index in [1.165, 1.54) is 16.6 Å². The van der Waals surface area contributed by atoms with Gasteiger partial charge in [0.25, 0.3) is 5.91 Å². The van der Waals surface area contributed by atoms with Crippen LogP contribution in [-0.4, -0.2) is 41.4 Å². The number of ether oxygens (including phenoxy) is 1. The number of aliphatic hydroxyl groups excluding tert-OH is 1. The van der Waals surface area contributed by atoms with Crippen molar-refractivity contribution in [2.75, 3.05) is 19.8 Å². The predicted octanol–water partition coefficient (Wildman–Crippen LogP) is 3.36. The molecule has 0 unspecified atom stereocenters. The predicted molar refractivity (Wildman–Crippen MR) is 119 cm³/mol. The van der Waals surface area contributed by atoms with Gasteiger partial charge in [-0.05, 0) is 55.1 Å². The molecule has 2 saturated heterocycles. The van der Waals surface area contributed by atoms with E-state index in [9.17, 15) is 9.90 Å². The molecule has 30 heavy (non-hydrogen) atoms. The van der Waals surface area contributed by atoms with Gasteiger partial charge in [-0.2, -0.15) is 0 Å². The second kappa shape index (κ2) is 7.94. The fourth-order valence-corrected chi connectivity index (χ4v) is 6.09. The topological polar surface area (TPSA) is 83.5 Å². The first-order valence-corrected chi connectivity index (χ1v) is 11.6. The molecule has 1 amide bonds. The summed E-state index contributed by atoms with van der Waals surface area (Å²) in [4.78, 5) is 18.2. The number of hydrogen-bond donors (Lipinski definition) is 3. The molecule has 3 fully saturated rings. The maximum atomic E-state index is 12.6. The van der Waals surface area contributed by atoms with E-state index in [2.05, 4.69) is 21.1 Å². The molecule has 3 aliphatic rings. The number of fused-ring (bicyclic) bond motifs is 2. The van der Waals surface area contributed by atoms with Crippen molar-refractivity contribution >= 4 is 39.4 Å². The zero-order valence-electron chi connectivity index (χ0n) is 16.4. The van der Waals surface area contributed by atoms with Crippen LogP contribution in [0.1, 0.15) is 28.2 Å². The van der Waals surface area contributed by atoms with Crippen LogP contribution in [0.5, 0.6) is 0 Å². The van der Waals surface area contributed by atoms with Crippen molar-refractivity contribution in [3.05, 3.63) is 59.1 Å². The third-order valence-electron chi connectivity index (χ3n) is 5.83. The average Bonchev–Trinajstić information content (AvgIpc) is 3.43. The largest absolute Gasteiger partial charge is 0.396 e. The molecule has 1 saturated carbocycles. The Morgan fingerprint density at radius 2 is 2.10 bits per heavy atom. The average molecular weight is 442 g/mol. The SMILES string of the molecule is O=C(NCC12CC(CO)(CO1)C2)c1cccc(SNCc2nc3ccccc3s2)c1. The number of aromatic nitrogens is 1. The van der Waals surface area contributed by atoms with Gasteiger partial charge >= 0.3 is 0 Å². The molecule has 0 radical (unpaired) electrons. The Labute approximate surface area is 183 Å². The Balaban J connectivity index is 1.14. The number of hydrogen-bond acceptors (Lipinski definition) is 7. The third-order valence-corrected chi connectivity index (χ3v) is 7.65. The summed E-state index contributed by atoms with van der Waals surface area (Å²) in [6.45, 7) is 1.89. The van der Waals surface area contributed by atoms with E-state index in [1.54, 1.807) is 11.3 Å². The number of carbonyl (C=O) groups excluding carboxylic acids is 1. The summed E-state index contributed by atoms with van der Waals surface area (Å²) < 4.78 is 10.4. The van der Waals surface area contributed by atoms with Crippen molar-refractivity contribution in [1.29, 1.82) is 0 Å². The molecule has 3 heterocycles. The molecule has 3 N–H and O–H groups in total. The number of amides is 1. The van der Waals surface area contributed by atoms with E-state index in [1.807, 2.05) is 42.5 Å². The maximum absolute atomic E-state index is 12.6. The number of benzene rings is 2. The lowest BCUT2D eigenvalue weighted by molar-refractivity contribution is -0.0256. The maximum Gasteiger partial charge on any atom is 0.251 e. The van der Waals surface area contributed by atoms with Gasteiger partial charge in [-0.3, -0.25) is 9.52 Å². The molecule has 0 atom stereocenters. The van der Waals surface area contributed by atoms with Crippen molar-refractivity contribution < 1.29 is 14.6 Å². The van der Waals surface area contributed by atoms with Crippen LogP contribution in [0, 0.1) is 5.41 Å². The first-order valence-electron chi connectivity index (χ1n) is 9.96. The lowest BCUT2D eigenvalue weighted by Gasteiger charge is -2.43. The molecule has 1 aromatic heterocycles. The first-order chi connectivity index (χ1) is 14.6. The summed E-state index contributed by atoms with van der Waals surface area (Å²) in [5.74, 6) is -0.102. The fraction of sp³-hybridized carbons (Fsp3) is 0.364. The third kappa shape index (κ3) is 3.86. The fourth-order valence-electron chi connectivity index (χ4n) is 4.38. The van der Waals surface area contributed by atoms with Crippen molar-refractivity contribution in [2.24, 2.45) is 5.41 Å². The Kier molecular flexibility index (Phi) is 5.28. The molecule has 6 rings (SSSR count). The number of rotatable bonds is 8. The lowest BCUT2D eigenvalue weighted by Crippen LogP contribution is -2.52. The number of para-hydroxylation sites is 1. The Morgan fingerprint density at radius 1 is 1.23 bits per heavy atom. The number of nitrogens with zero attached hydrogens (tertiary/aromatic N) is 1. The Morgan fingerprint density at radius 3 is 2.90 bits per heavy atom. The van der Waals surface area contributed by atoms with E-state index in [-0.39, 0.29) is 23.5 Å². The summed E-state index contributed by atoms with van der Waals surface area (Å²) in [6, 6.07) is 15.7. The smallest absolute Gasteiger partial charge is 0.251 e. The summed E-state index contributed by atoms with van der Waals surface area (Å²) in [5, 5.41) is 13.5. The minimum atomic E-state index is -0.288. The summed E-state index contributed by atoms with van der Waals surface area (Å²) in [5.41, 5.74) is 1.29. The van der Waals surface area contributed by atoms with Crippen LogP contribution >= 0.6 is 23.3 Å². The van der Waals surface area contributed by atoms with Gasteiger partial charge < -0.3 is 15.2 Å². The van der Waals surface area contributed by atoms with Gasteiger partial charge in [-0.25, -0.2) is 4.98 Å². The zero-order chi connectivity index (χ0) is 20.6. The number of aliphatic hydroxyl groups is 1. The number of thiazole rings is 1. The molecular formula is C22H23N3O3S2. The summed E-state index contributed by atoms with van der Waals surface area (Å²) in [6.07, 6.45) is 1.64. The van der Waals surface area contributed by atoms with E-state index >= 15 is 0 Å². The second-order valence-electron chi connectivity index (χ2n) is 8.19. The molecule has 8 heteroatoms. The minimum absolute atomic E-state index is 0.0732. The van der Waals surface area contributed by atoms with Crippen molar-refractivity contribution in [3.8, 4) is 0 Å². The van der Waals surface area contributed by atoms with Crippen molar-refractivity contribution in [2.45, 2.75) is 29.9 Å². The normalized spacial score (nSPS) is 24.7.